The molecule has 1 atom stereocenters. The molecule has 0 aromatic carbocycles. The average molecular weight is 314 g/mol. The highest BCUT2D eigenvalue weighted by molar-refractivity contribution is 5.94. The lowest BCUT2D eigenvalue weighted by Crippen LogP contribution is -2.41. The minimum atomic E-state index is -0.241. The van der Waals surface area contributed by atoms with Crippen LogP contribution in [0.5, 0.6) is 0 Å². The molecule has 0 bridgehead atoms. The highest BCUT2D eigenvalue weighted by Gasteiger charge is 2.31. The minimum Gasteiger partial charge on any atom is -0.334 e. The average Bonchev–Trinajstić information content (AvgIpc) is 3.08. The molecular formula is C17H22N4O2. The van der Waals surface area contributed by atoms with E-state index in [1.165, 1.54) is 4.57 Å². The Labute approximate surface area is 135 Å². The number of aryl methyl sites for hydroxylation is 3. The van der Waals surface area contributed by atoms with Gasteiger partial charge in [0.25, 0.3) is 11.5 Å². The molecule has 1 saturated heterocycles. The Bertz CT molecular complexity index is 790. The van der Waals surface area contributed by atoms with Crippen LogP contribution in [0.2, 0.25) is 0 Å². The molecule has 2 aromatic rings. The van der Waals surface area contributed by atoms with Gasteiger partial charge in [-0.1, -0.05) is 0 Å². The van der Waals surface area contributed by atoms with Crippen molar-refractivity contribution >= 4 is 5.91 Å². The van der Waals surface area contributed by atoms with Crippen molar-refractivity contribution in [2.24, 2.45) is 7.05 Å². The number of rotatable bonds is 3. The molecule has 0 radical (unpaired) electrons. The van der Waals surface area contributed by atoms with Gasteiger partial charge in [0.1, 0.15) is 5.56 Å². The number of hydrogen-bond donors (Lipinski definition) is 0. The molecule has 1 aliphatic rings. The van der Waals surface area contributed by atoms with Crippen LogP contribution in [0.3, 0.4) is 0 Å². The van der Waals surface area contributed by atoms with Crippen molar-refractivity contribution in [2.75, 3.05) is 6.54 Å². The number of aromatic nitrogens is 3. The van der Waals surface area contributed by atoms with Gasteiger partial charge in [0.15, 0.2) is 0 Å². The Morgan fingerprint density at radius 2 is 2.17 bits per heavy atom. The molecule has 6 heteroatoms. The maximum absolute atomic E-state index is 12.8. The van der Waals surface area contributed by atoms with E-state index in [4.69, 9.17) is 0 Å². The summed E-state index contributed by atoms with van der Waals surface area (Å²) < 4.78 is 3.40. The summed E-state index contributed by atoms with van der Waals surface area (Å²) in [7, 11) is 1.66. The predicted molar refractivity (Wildman–Crippen MR) is 87.4 cm³/mol. The van der Waals surface area contributed by atoms with Gasteiger partial charge in [0, 0.05) is 25.5 Å². The topological polar surface area (TPSA) is 60.1 Å². The zero-order chi connectivity index (χ0) is 16.6. The number of likely N-dealkylation sites (tertiary alicyclic amines) is 1. The molecule has 1 amide bonds. The first-order valence-electron chi connectivity index (χ1n) is 7.95. The molecule has 122 valence electrons. The van der Waals surface area contributed by atoms with E-state index in [2.05, 4.69) is 5.10 Å². The van der Waals surface area contributed by atoms with Crippen LogP contribution in [-0.4, -0.2) is 37.7 Å². The van der Waals surface area contributed by atoms with E-state index in [1.807, 2.05) is 29.5 Å². The quantitative estimate of drug-likeness (QED) is 0.862. The van der Waals surface area contributed by atoms with Crippen LogP contribution in [0, 0.1) is 13.8 Å². The third-order valence-corrected chi connectivity index (χ3v) is 4.48. The SMILES string of the molecule is Cc1cc(C)n(C[C@H]2CCCN2C(=O)c2cccn(C)c2=O)n1. The first-order chi connectivity index (χ1) is 11.0. The molecule has 0 unspecified atom stereocenters. The zero-order valence-electron chi connectivity index (χ0n) is 13.8. The Kier molecular flexibility index (Phi) is 4.07. The molecule has 23 heavy (non-hydrogen) atoms. The summed E-state index contributed by atoms with van der Waals surface area (Å²) in [6.45, 7) is 5.36. The van der Waals surface area contributed by atoms with E-state index in [0.717, 1.165) is 24.2 Å². The van der Waals surface area contributed by atoms with Crippen LogP contribution in [0.1, 0.15) is 34.6 Å². The molecule has 1 fully saturated rings. The molecule has 0 saturated carbocycles. The van der Waals surface area contributed by atoms with Crippen molar-refractivity contribution in [1.29, 1.82) is 0 Å². The fraction of sp³-hybridized carbons (Fsp3) is 0.471. The number of nitrogens with zero attached hydrogens (tertiary/aromatic N) is 4. The van der Waals surface area contributed by atoms with Gasteiger partial charge >= 0.3 is 0 Å². The standard InChI is InChI=1S/C17H22N4O2/c1-12-10-13(2)21(18-12)11-14-6-4-9-20(14)17(23)15-7-5-8-19(3)16(15)22/h5,7-8,10,14H,4,6,9,11H2,1-3H3/t14-/m1/s1. The second-order valence-corrected chi connectivity index (χ2v) is 6.24. The Balaban J connectivity index is 1.84. The first kappa shape index (κ1) is 15.5. The van der Waals surface area contributed by atoms with Gasteiger partial charge in [-0.15, -0.1) is 0 Å². The Hall–Kier alpha value is -2.37. The smallest absolute Gasteiger partial charge is 0.263 e. The van der Waals surface area contributed by atoms with Gasteiger partial charge < -0.3 is 9.47 Å². The van der Waals surface area contributed by atoms with Crippen molar-refractivity contribution in [3.05, 3.63) is 51.7 Å². The first-order valence-corrected chi connectivity index (χ1v) is 7.95. The molecule has 1 aliphatic heterocycles. The molecule has 0 aliphatic carbocycles. The number of hydrogen-bond acceptors (Lipinski definition) is 3. The van der Waals surface area contributed by atoms with Crippen LogP contribution >= 0.6 is 0 Å². The highest BCUT2D eigenvalue weighted by atomic mass is 16.2. The van der Waals surface area contributed by atoms with E-state index in [0.29, 0.717) is 13.1 Å². The highest BCUT2D eigenvalue weighted by Crippen LogP contribution is 2.21. The predicted octanol–water partition coefficient (Wildman–Crippen LogP) is 1.50. The van der Waals surface area contributed by atoms with Crippen molar-refractivity contribution in [3.8, 4) is 0 Å². The van der Waals surface area contributed by atoms with Gasteiger partial charge in [0.05, 0.1) is 18.3 Å². The summed E-state index contributed by atoms with van der Waals surface area (Å²) in [6, 6.07) is 5.48. The molecule has 6 nitrogen and oxygen atoms in total. The summed E-state index contributed by atoms with van der Waals surface area (Å²) in [5, 5.41) is 4.48. The molecule has 2 aromatic heterocycles. The van der Waals surface area contributed by atoms with Gasteiger partial charge in [-0.05, 0) is 44.9 Å². The van der Waals surface area contributed by atoms with E-state index in [9.17, 15) is 9.59 Å². The van der Waals surface area contributed by atoms with Gasteiger partial charge in [-0.25, -0.2) is 0 Å². The fourth-order valence-electron chi connectivity index (χ4n) is 3.27. The number of pyridine rings is 1. The summed E-state index contributed by atoms with van der Waals surface area (Å²) in [5.41, 5.74) is 2.08. The fourth-order valence-corrected chi connectivity index (χ4v) is 3.27. The molecule has 0 N–H and O–H groups in total. The van der Waals surface area contributed by atoms with E-state index in [-0.39, 0.29) is 23.1 Å². The third kappa shape index (κ3) is 2.93. The van der Waals surface area contributed by atoms with Crippen molar-refractivity contribution in [3.63, 3.8) is 0 Å². The van der Waals surface area contributed by atoms with E-state index < -0.39 is 0 Å². The maximum Gasteiger partial charge on any atom is 0.263 e. The summed E-state index contributed by atoms with van der Waals surface area (Å²) in [5.74, 6) is -0.171. The largest absolute Gasteiger partial charge is 0.334 e. The van der Waals surface area contributed by atoms with Crippen molar-refractivity contribution < 1.29 is 4.79 Å². The van der Waals surface area contributed by atoms with Gasteiger partial charge in [-0.3, -0.25) is 14.3 Å². The van der Waals surface area contributed by atoms with Gasteiger partial charge in [0.2, 0.25) is 0 Å². The zero-order valence-corrected chi connectivity index (χ0v) is 13.8. The number of carbonyl (C=O) groups excluding carboxylic acids is 1. The van der Waals surface area contributed by atoms with E-state index >= 15 is 0 Å². The molecule has 3 heterocycles. The van der Waals surface area contributed by atoms with Gasteiger partial charge in [-0.2, -0.15) is 5.10 Å². The normalized spacial score (nSPS) is 17.7. The summed E-state index contributed by atoms with van der Waals surface area (Å²) in [4.78, 5) is 26.8. The van der Waals surface area contributed by atoms with Crippen LogP contribution in [0.4, 0.5) is 0 Å². The van der Waals surface area contributed by atoms with Crippen LogP contribution in [0.25, 0.3) is 0 Å². The molecule has 0 spiro atoms. The lowest BCUT2D eigenvalue weighted by atomic mass is 10.2. The number of amides is 1. The van der Waals surface area contributed by atoms with Crippen LogP contribution in [0.15, 0.2) is 29.2 Å². The maximum atomic E-state index is 12.8. The molecular weight excluding hydrogens is 292 g/mol. The Morgan fingerprint density at radius 1 is 1.39 bits per heavy atom. The second kappa shape index (κ2) is 6.02. The monoisotopic (exact) mass is 314 g/mol. The lowest BCUT2D eigenvalue weighted by Gasteiger charge is -2.25. The number of carbonyl (C=O) groups is 1. The molecule has 3 rings (SSSR count). The summed E-state index contributed by atoms with van der Waals surface area (Å²) in [6.07, 6.45) is 3.57. The van der Waals surface area contributed by atoms with Crippen LogP contribution in [-0.2, 0) is 13.6 Å². The Morgan fingerprint density at radius 3 is 2.87 bits per heavy atom. The minimum absolute atomic E-state index is 0.0883. The third-order valence-electron chi connectivity index (χ3n) is 4.48. The second-order valence-electron chi connectivity index (χ2n) is 6.24. The summed E-state index contributed by atoms with van der Waals surface area (Å²) >= 11 is 0. The van der Waals surface area contributed by atoms with Crippen molar-refractivity contribution in [1.82, 2.24) is 19.2 Å². The van der Waals surface area contributed by atoms with Crippen LogP contribution < -0.4 is 5.56 Å². The van der Waals surface area contributed by atoms with Crippen molar-refractivity contribution in [2.45, 2.75) is 39.3 Å². The lowest BCUT2D eigenvalue weighted by molar-refractivity contribution is 0.0718. The van der Waals surface area contributed by atoms with E-state index in [1.54, 1.807) is 25.4 Å².